The number of hydrogen-bond donors (Lipinski definition) is 2. The van der Waals surface area contributed by atoms with E-state index in [0.29, 0.717) is 26.1 Å². The van der Waals surface area contributed by atoms with Crippen molar-refractivity contribution in [1.82, 2.24) is 4.72 Å². The molecule has 2 N–H and O–H groups in total. The molecule has 1 aromatic rings. The van der Waals surface area contributed by atoms with Gasteiger partial charge in [0.15, 0.2) is 0 Å². The van der Waals surface area contributed by atoms with Crippen LogP contribution in [0.4, 0.5) is 0 Å². The Morgan fingerprint density at radius 3 is 2.67 bits per heavy atom. The molecule has 1 atom stereocenters. The maximum absolute atomic E-state index is 12.6. The number of nitrogens with one attached hydrogen (secondary N) is 1. The van der Waals surface area contributed by atoms with E-state index in [0.717, 1.165) is 5.56 Å². The van der Waals surface area contributed by atoms with Crippen LogP contribution in [0, 0.1) is 18.8 Å². The molecule has 0 saturated carbocycles. The lowest BCUT2D eigenvalue weighted by Gasteiger charge is -2.27. The molecule has 2 rings (SSSR count). The van der Waals surface area contributed by atoms with Crippen molar-refractivity contribution < 1.29 is 27.8 Å². The van der Waals surface area contributed by atoms with Crippen molar-refractivity contribution in [2.45, 2.75) is 24.7 Å². The highest BCUT2D eigenvalue weighted by molar-refractivity contribution is 7.89. The summed E-state index contributed by atoms with van der Waals surface area (Å²) in [5.41, 5.74) is 0.774. The molecule has 1 aliphatic heterocycles. The summed E-state index contributed by atoms with van der Waals surface area (Å²) in [6.45, 7) is 2.64. The fraction of sp³-hybridized carbons (Fsp3) is 0.562. The Kier molecular flexibility index (Phi) is 6.20. The zero-order valence-electron chi connectivity index (χ0n) is 13.8. The summed E-state index contributed by atoms with van der Waals surface area (Å²) in [5, 5.41) is 9.44. The second kappa shape index (κ2) is 7.96. The number of rotatable bonds is 7. The van der Waals surface area contributed by atoms with Crippen LogP contribution in [0.1, 0.15) is 18.4 Å². The van der Waals surface area contributed by atoms with Gasteiger partial charge < -0.3 is 14.6 Å². The SMILES string of the molecule is COc1ccc(C)cc1S(=O)(=O)NCC(C(=O)O)C1CCOCC1. The van der Waals surface area contributed by atoms with Gasteiger partial charge in [0.1, 0.15) is 10.6 Å². The van der Waals surface area contributed by atoms with Gasteiger partial charge in [-0.1, -0.05) is 6.07 Å². The van der Waals surface area contributed by atoms with E-state index in [4.69, 9.17) is 9.47 Å². The summed E-state index contributed by atoms with van der Waals surface area (Å²) in [6.07, 6.45) is 1.24. The number of hydrogen-bond acceptors (Lipinski definition) is 5. The molecule has 134 valence electrons. The summed E-state index contributed by atoms with van der Waals surface area (Å²) in [5.74, 6) is -1.65. The normalized spacial score (nSPS) is 17.4. The molecular formula is C16H23NO6S. The standard InChI is InChI=1S/C16H23NO6S/c1-11-3-4-14(22-2)15(9-11)24(20,21)17-10-13(16(18)19)12-5-7-23-8-6-12/h3-4,9,12-13,17H,5-8,10H2,1-2H3,(H,18,19). The third-order valence-electron chi connectivity index (χ3n) is 4.25. The highest BCUT2D eigenvalue weighted by Crippen LogP contribution is 2.27. The van der Waals surface area contributed by atoms with E-state index in [1.54, 1.807) is 19.1 Å². The third-order valence-corrected chi connectivity index (χ3v) is 5.70. The maximum Gasteiger partial charge on any atom is 0.308 e. The second-order valence-electron chi connectivity index (χ2n) is 5.90. The van der Waals surface area contributed by atoms with Crippen LogP contribution < -0.4 is 9.46 Å². The average molecular weight is 357 g/mol. The molecule has 8 heteroatoms. The van der Waals surface area contributed by atoms with Gasteiger partial charge in [0, 0.05) is 19.8 Å². The highest BCUT2D eigenvalue weighted by atomic mass is 32.2. The highest BCUT2D eigenvalue weighted by Gasteiger charge is 2.31. The van der Waals surface area contributed by atoms with Crippen LogP contribution in [0.25, 0.3) is 0 Å². The first-order chi connectivity index (χ1) is 11.3. The fourth-order valence-corrected chi connectivity index (χ4v) is 4.16. The molecular weight excluding hydrogens is 334 g/mol. The monoisotopic (exact) mass is 357 g/mol. The van der Waals surface area contributed by atoms with Crippen LogP contribution in [0.3, 0.4) is 0 Å². The van der Waals surface area contributed by atoms with Gasteiger partial charge in [-0.2, -0.15) is 0 Å². The van der Waals surface area contributed by atoms with E-state index in [1.807, 2.05) is 0 Å². The van der Waals surface area contributed by atoms with Crippen molar-refractivity contribution in [2.24, 2.45) is 11.8 Å². The predicted octanol–water partition coefficient (Wildman–Crippen LogP) is 1.41. The lowest BCUT2D eigenvalue weighted by molar-refractivity contribution is -0.144. The quantitative estimate of drug-likeness (QED) is 0.765. The van der Waals surface area contributed by atoms with Crippen molar-refractivity contribution in [3.8, 4) is 5.75 Å². The lowest BCUT2D eigenvalue weighted by Crippen LogP contribution is -2.39. The van der Waals surface area contributed by atoms with Crippen LogP contribution in [0.5, 0.6) is 5.75 Å². The summed E-state index contributed by atoms with van der Waals surface area (Å²) < 4.78 is 37.9. The Balaban J connectivity index is 2.16. The lowest BCUT2D eigenvalue weighted by atomic mass is 9.86. The van der Waals surface area contributed by atoms with Crippen LogP contribution in [0.15, 0.2) is 23.1 Å². The summed E-state index contributed by atoms with van der Waals surface area (Å²) >= 11 is 0. The second-order valence-corrected chi connectivity index (χ2v) is 7.64. The van der Waals surface area contributed by atoms with Gasteiger partial charge in [0.05, 0.1) is 13.0 Å². The Morgan fingerprint density at radius 1 is 1.42 bits per heavy atom. The molecule has 7 nitrogen and oxygen atoms in total. The topological polar surface area (TPSA) is 102 Å². The molecule has 0 spiro atoms. The van der Waals surface area contributed by atoms with Crippen molar-refractivity contribution in [1.29, 1.82) is 0 Å². The number of ether oxygens (including phenoxy) is 2. The number of methoxy groups -OCH3 is 1. The zero-order valence-corrected chi connectivity index (χ0v) is 14.6. The van der Waals surface area contributed by atoms with Gasteiger partial charge in [-0.15, -0.1) is 0 Å². The van der Waals surface area contributed by atoms with E-state index in [9.17, 15) is 18.3 Å². The van der Waals surface area contributed by atoms with Crippen LogP contribution in [-0.2, 0) is 19.6 Å². The number of sulfonamides is 1. The molecule has 1 heterocycles. The first kappa shape index (κ1) is 18.7. The van der Waals surface area contributed by atoms with E-state index in [-0.39, 0.29) is 23.1 Å². The molecule has 1 fully saturated rings. The molecule has 1 saturated heterocycles. The summed E-state index contributed by atoms with van der Waals surface area (Å²) in [4.78, 5) is 11.5. The van der Waals surface area contributed by atoms with E-state index in [1.165, 1.54) is 13.2 Å². The Morgan fingerprint density at radius 2 is 2.08 bits per heavy atom. The van der Waals surface area contributed by atoms with E-state index < -0.39 is 21.9 Å². The van der Waals surface area contributed by atoms with E-state index in [2.05, 4.69) is 4.72 Å². The van der Waals surface area contributed by atoms with Gasteiger partial charge in [-0.05, 0) is 43.4 Å². The molecule has 1 aliphatic rings. The minimum atomic E-state index is -3.86. The summed E-state index contributed by atoms with van der Waals surface area (Å²) in [7, 11) is -2.47. The van der Waals surface area contributed by atoms with Crippen LogP contribution >= 0.6 is 0 Å². The minimum Gasteiger partial charge on any atom is -0.495 e. The Labute approximate surface area is 142 Å². The van der Waals surface area contributed by atoms with Crippen molar-refractivity contribution in [3.05, 3.63) is 23.8 Å². The minimum absolute atomic E-state index is 0.0149. The third kappa shape index (κ3) is 4.46. The number of carboxylic acids is 1. The molecule has 0 aliphatic carbocycles. The molecule has 0 radical (unpaired) electrons. The van der Waals surface area contributed by atoms with Gasteiger partial charge in [0.2, 0.25) is 10.0 Å². The van der Waals surface area contributed by atoms with Crippen LogP contribution in [-0.4, -0.2) is 46.4 Å². The Hall–Kier alpha value is -1.64. The Bertz CT molecular complexity index is 682. The predicted molar refractivity (Wildman–Crippen MR) is 87.6 cm³/mol. The first-order valence-corrected chi connectivity index (χ1v) is 9.28. The van der Waals surface area contributed by atoms with Gasteiger partial charge in [0.25, 0.3) is 0 Å². The molecule has 1 aromatic carbocycles. The number of aliphatic carboxylic acids is 1. The number of aryl methyl sites for hydroxylation is 1. The average Bonchev–Trinajstić information content (AvgIpc) is 2.55. The van der Waals surface area contributed by atoms with Crippen molar-refractivity contribution >= 4 is 16.0 Å². The molecule has 0 amide bonds. The molecule has 0 aromatic heterocycles. The smallest absolute Gasteiger partial charge is 0.308 e. The fourth-order valence-electron chi connectivity index (χ4n) is 2.84. The first-order valence-electron chi connectivity index (χ1n) is 7.80. The largest absolute Gasteiger partial charge is 0.495 e. The summed E-state index contributed by atoms with van der Waals surface area (Å²) in [6, 6.07) is 4.84. The maximum atomic E-state index is 12.6. The van der Waals surface area contributed by atoms with Gasteiger partial charge >= 0.3 is 5.97 Å². The number of carbonyl (C=O) groups is 1. The molecule has 0 bridgehead atoms. The number of carboxylic acid groups (broad SMARTS) is 1. The zero-order chi connectivity index (χ0) is 17.7. The van der Waals surface area contributed by atoms with Gasteiger partial charge in [-0.3, -0.25) is 4.79 Å². The molecule has 1 unspecified atom stereocenters. The van der Waals surface area contributed by atoms with Crippen molar-refractivity contribution in [3.63, 3.8) is 0 Å². The van der Waals surface area contributed by atoms with Gasteiger partial charge in [-0.25, -0.2) is 13.1 Å². The van der Waals surface area contributed by atoms with Crippen molar-refractivity contribution in [2.75, 3.05) is 26.9 Å². The van der Waals surface area contributed by atoms with Crippen LogP contribution in [0.2, 0.25) is 0 Å². The number of benzene rings is 1. The molecule has 24 heavy (non-hydrogen) atoms. The van der Waals surface area contributed by atoms with E-state index >= 15 is 0 Å².